The molecule has 1 aromatic carbocycles. The van der Waals surface area contributed by atoms with Gasteiger partial charge in [-0.15, -0.1) is 0 Å². The second-order valence-corrected chi connectivity index (χ2v) is 4.29. The molecule has 8 heteroatoms. The summed E-state index contributed by atoms with van der Waals surface area (Å²) in [6, 6.07) is 1.60. The minimum Gasteiger partial charge on any atom is -0.480 e. The fourth-order valence-corrected chi connectivity index (χ4v) is 1.87. The Morgan fingerprint density at radius 2 is 1.90 bits per heavy atom. The highest BCUT2D eigenvalue weighted by atomic mass is 19.2. The fourth-order valence-electron chi connectivity index (χ4n) is 1.87. The Kier molecular flexibility index (Phi) is 3.79. The van der Waals surface area contributed by atoms with Crippen LogP contribution in [-0.2, 0) is 14.4 Å². The van der Waals surface area contributed by atoms with Gasteiger partial charge in [0.15, 0.2) is 17.5 Å². The molecule has 2 amide bonds. The molecule has 2 rings (SSSR count). The van der Waals surface area contributed by atoms with Crippen molar-refractivity contribution in [2.24, 2.45) is 0 Å². The van der Waals surface area contributed by atoms with Crippen LogP contribution in [0.5, 0.6) is 0 Å². The van der Waals surface area contributed by atoms with Crippen LogP contribution in [0.3, 0.4) is 0 Å². The quantitative estimate of drug-likeness (QED) is 0.519. The molecule has 0 aromatic heterocycles. The molecule has 21 heavy (non-hydrogen) atoms. The van der Waals surface area contributed by atoms with Crippen molar-refractivity contribution in [3.05, 3.63) is 40.7 Å². The third-order valence-corrected chi connectivity index (χ3v) is 2.85. The monoisotopic (exact) mass is 299 g/mol. The Labute approximate surface area is 116 Å². The molecule has 1 saturated heterocycles. The number of carbonyl (C=O) groups excluding carboxylic acids is 2. The lowest BCUT2D eigenvalue weighted by atomic mass is 10.1. The number of likely N-dealkylation sites (tertiary alicyclic amines) is 1. The third kappa shape index (κ3) is 2.78. The highest BCUT2D eigenvalue weighted by Crippen LogP contribution is 2.24. The van der Waals surface area contributed by atoms with E-state index in [0.29, 0.717) is 11.0 Å². The average Bonchev–Trinajstić information content (AvgIpc) is 2.67. The molecule has 0 spiro atoms. The normalized spacial score (nSPS) is 16.9. The molecule has 1 heterocycles. The molecule has 110 valence electrons. The van der Waals surface area contributed by atoms with E-state index in [1.54, 1.807) is 0 Å². The van der Waals surface area contributed by atoms with E-state index in [0.717, 1.165) is 12.1 Å². The highest BCUT2D eigenvalue weighted by molar-refractivity contribution is 6.16. The Morgan fingerprint density at radius 3 is 2.52 bits per heavy atom. The number of imide groups is 1. The van der Waals surface area contributed by atoms with E-state index in [1.807, 2.05) is 0 Å². The SMILES string of the molecule is O=C(O)CN1C(=O)C/C(=C\c2ccc(F)c(F)c2F)C1=O. The van der Waals surface area contributed by atoms with Gasteiger partial charge in [-0.05, 0) is 18.2 Å². The summed E-state index contributed by atoms with van der Waals surface area (Å²) in [5.41, 5.74) is -0.589. The van der Waals surface area contributed by atoms with Crippen LogP contribution < -0.4 is 0 Å². The largest absolute Gasteiger partial charge is 0.480 e. The van der Waals surface area contributed by atoms with Crippen molar-refractivity contribution in [3.8, 4) is 0 Å². The zero-order chi connectivity index (χ0) is 15.7. The van der Waals surface area contributed by atoms with Crippen LogP contribution in [0.25, 0.3) is 6.08 Å². The van der Waals surface area contributed by atoms with Crippen molar-refractivity contribution in [3.63, 3.8) is 0 Å². The van der Waals surface area contributed by atoms with Gasteiger partial charge in [0.05, 0.1) is 6.42 Å². The Morgan fingerprint density at radius 1 is 1.24 bits per heavy atom. The number of hydrogen-bond donors (Lipinski definition) is 1. The molecule has 0 unspecified atom stereocenters. The van der Waals surface area contributed by atoms with E-state index in [1.165, 1.54) is 0 Å². The van der Waals surface area contributed by atoms with Crippen molar-refractivity contribution in [1.82, 2.24) is 4.90 Å². The van der Waals surface area contributed by atoms with Gasteiger partial charge in [-0.1, -0.05) is 0 Å². The number of carboxylic acids is 1. The van der Waals surface area contributed by atoms with Crippen LogP contribution in [0.15, 0.2) is 17.7 Å². The molecule has 1 aliphatic rings. The maximum Gasteiger partial charge on any atom is 0.323 e. The van der Waals surface area contributed by atoms with Crippen molar-refractivity contribution < 1.29 is 32.7 Å². The summed E-state index contributed by atoms with van der Waals surface area (Å²) in [6.07, 6.45) is 0.477. The fraction of sp³-hybridized carbons (Fsp3) is 0.154. The summed E-state index contributed by atoms with van der Waals surface area (Å²) in [7, 11) is 0. The topological polar surface area (TPSA) is 74.7 Å². The number of benzene rings is 1. The molecular formula is C13H8F3NO4. The van der Waals surface area contributed by atoms with Gasteiger partial charge in [0.1, 0.15) is 6.54 Å². The molecule has 0 atom stereocenters. The van der Waals surface area contributed by atoms with Crippen LogP contribution in [0.1, 0.15) is 12.0 Å². The van der Waals surface area contributed by atoms with Gasteiger partial charge < -0.3 is 5.11 Å². The van der Waals surface area contributed by atoms with E-state index >= 15 is 0 Å². The Hall–Kier alpha value is -2.64. The minimum atomic E-state index is -1.69. The van der Waals surface area contributed by atoms with Gasteiger partial charge in [0.25, 0.3) is 5.91 Å². The maximum atomic E-state index is 13.5. The molecule has 0 bridgehead atoms. The summed E-state index contributed by atoms with van der Waals surface area (Å²) in [5, 5.41) is 8.58. The summed E-state index contributed by atoms with van der Waals surface area (Å²) in [4.78, 5) is 34.3. The molecule has 1 aromatic rings. The second-order valence-electron chi connectivity index (χ2n) is 4.29. The first-order chi connectivity index (χ1) is 9.81. The predicted octanol–water partition coefficient (Wildman–Crippen LogP) is 1.33. The Balaban J connectivity index is 2.35. The van der Waals surface area contributed by atoms with Gasteiger partial charge >= 0.3 is 5.97 Å². The van der Waals surface area contributed by atoms with Crippen molar-refractivity contribution in [2.45, 2.75) is 6.42 Å². The zero-order valence-corrected chi connectivity index (χ0v) is 10.4. The number of rotatable bonds is 3. The molecule has 1 N–H and O–H groups in total. The average molecular weight is 299 g/mol. The summed E-state index contributed by atoms with van der Waals surface area (Å²) in [5.74, 6) is -7.58. The zero-order valence-electron chi connectivity index (χ0n) is 10.4. The summed E-state index contributed by atoms with van der Waals surface area (Å²) >= 11 is 0. The highest BCUT2D eigenvalue weighted by Gasteiger charge is 2.35. The van der Waals surface area contributed by atoms with Gasteiger partial charge in [0, 0.05) is 11.1 Å². The summed E-state index contributed by atoms with van der Waals surface area (Å²) in [6.45, 7) is -0.810. The Bertz CT molecular complexity index is 684. The number of amides is 2. The number of hydrogen-bond acceptors (Lipinski definition) is 3. The van der Waals surface area contributed by atoms with Crippen molar-refractivity contribution in [2.75, 3.05) is 6.54 Å². The van der Waals surface area contributed by atoms with E-state index in [2.05, 4.69) is 0 Å². The van der Waals surface area contributed by atoms with Gasteiger partial charge in [0.2, 0.25) is 5.91 Å². The van der Waals surface area contributed by atoms with Crippen LogP contribution in [-0.4, -0.2) is 34.3 Å². The third-order valence-electron chi connectivity index (χ3n) is 2.85. The number of carboxylic acid groups (broad SMARTS) is 1. The first-order valence-electron chi connectivity index (χ1n) is 5.72. The van der Waals surface area contributed by atoms with Gasteiger partial charge in [-0.3, -0.25) is 19.3 Å². The lowest BCUT2D eigenvalue weighted by molar-refractivity contribution is -0.148. The van der Waals surface area contributed by atoms with Crippen LogP contribution >= 0.6 is 0 Å². The van der Waals surface area contributed by atoms with Crippen LogP contribution in [0, 0.1) is 17.5 Å². The molecule has 0 radical (unpaired) electrons. The molecular weight excluding hydrogens is 291 g/mol. The van der Waals surface area contributed by atoms with Crippen molar-refractivity contribution in [1.29, 1.82) is 0 Å². The lowest BCUT2D eigenvalue weighted by Crippen LogP contribution is -2.34. The number of nitrogens with zero attached hydrogens (tertiary/aromatic N) is 1. The maximum absolute atomic E-state index is 13.5. The first-order valence-corrected chi connectivity index (χ1v) is 5.72. The molecule has 1 aliphatic heterocycles. The van der Waals surface area contributed by atoms with Crippen LogP contribution in [0.2, 0.25) is 0 Å². The molecule has 5 nitrogen and oxygen atoms in total. The van der Waals surface area contributed by atoms with E-state index < -0.39 is 53.8 Å². The minimum absolute atomic E-state index is 0.189. The lowest BCUT2D eigenvalue weighted by Gasteiger charge is -2.09. The molecule has 0 aliphatic carbocycles. The van der Waals surface area contributed by atoms with E-state index in [4.69, 9.17) is 5.11 Å². The van der Waals surface area contributed by atoms with Gasteiger partial charge in [-0.2, -0.15) is 0 Å². The molecule has 0 saturated carbocycles. The van der Waals surface area contributed by atoms with Crippen LogP contribution in [0.4, 0.5) is 13.2 Å². The predicted molar refractivity (Wildman–Crippen MR) is 63.3 cm³/mol. The number of carbonyl (C=O) groups is 3. The van der Waals surface area contributed by atoms with Crippen molar-refractivity contribution >= 4 is 23.9 Å². The standard InChI is InChI=1S/C13H8F3NO4/c14-8-2-1-6(11(15)12(8)16)3-7-4-9(18)17(13(7)21)5-10(19)20/h1-3H,4-5H2,(H,19,20)/b7-3+. The van der Waals surface area contributed by atoms with Gasteiger partial charge in [-0.25, -0.2) is 13.2 Å². The second kappa shape index (κ2) is 5.39. The number of halogens is 3. The smallest absolute Gasteiger partial charge is 0.323 e. The summed E-state index contributed by atoms with van der Waals surface area (Å²) < 4.78 is 39.3. The van der Waals surface area contributed by atoms with E-state index in [9.17, 15) is 27.6 Å². The first kappa shape index (κ1) is 14.8. The number of aliphatic carboxylic acids is 1. The van der Waals surface area contributed by atoms with E-state index in [-0.39, 0.29) is 5.57 Å². The molecule has 1 fully saturated rings.